The number of aliphatic hydroxyl groups is 3. The van der Waals surface area contributed by atoms with Crippen LogP contribution in [0, 0.1) is 11.3 Å². The van der Waals surface area contributed by atoms with E-state index in [1.165, 1.54) is 26.0 Å². The van der Waals surface area contributed by atoms with E-state index in [1.54, 1.807) is 13.8 Å². The van der Waals surface area contributed by atoms with Gasteiger partial charge in [-0.25, -0.2) is 0 Å². The van der Waals surface area contributed by atoms with Gasteiger partial charge >= 0.3 is 11.9 Å². The van der Waals surface area contributed by atoms with E-state index in [2.05, 4.69) is 0 Å². The normalized spacial score (nSPS) is 31.0. The Morgan fingerprint density at radius 3 is 2.25 bits per heavy atom. The molecule has 0 aromatic carbocycles. The maximum atomic E-state index is 13.4. The Bertz CT molecular complexity index is 863. The first kappa shape index (κ1) is 26.0. The van der Waals surface area contributed by atoms with E-state index >= 15 is 0 Å². The fourth-order valence-corrected chi connectivity index (χ4v) is 4.79. The van der Waals surface area contributed by atoms with E-state index < -0.39 is 60.1 Å². The van der Waals surface area contributed by atoms with Crippen molar-refractivity contribution in [2.24, 2.45) is 11.3 Å². The summed E-state index contributed by atoms with van der Waals surface area (Å²) in [6.07, 6.45) is -0.969. The number of fused-ring (bicyclic) bond motifs is 2. The highest BCUT2D eigenvalue weighted by Crippen LogP contribution is 2.50. The maximum Gasteiger partial charge on any atom is 0.303 e. The molecule has 2 aliphatic carbocycles. The van der Waals surface area contributed by atoms with Crippen molar-refractivity contribution >= 4 is 17.7 Å². The molecule has 0 heterocycles. The van der Waals surface area contributed by atoms with Gasteiger partial charge in [0.05, 0.1) is 18.8 Å². The van der Waals surface area contributed by atoms with E-state index in [0.717, 1.165) is 0 Å². The lowest BCUT2D eigenvalue weighted by atomic mass is 9.60. The molecule has 0 spiro atoms. The van der Waals surface area contributed by atoms with Crippen LogP contribution in [-0.4, -0.2) is 64.1 Å². The monoisotopic (exact) mass is 450 g/mol. The van der Waals surface area contributed by atoms with Crippen LogP contribution in [0.1, 0.15) is 54.4 Å². The van der Waals surface area contributed by atoms with Crippen molar-refractivity contribution in [1.29, 1.82) is 0 Å². The van der Waals surface area contributed by atoms with Gasteiger partial charge in [-0.15, -0.1) is 0 Å². The van der Waals surface area contributed by atoms with Crippen LogP contribution in [0.3, 0.4) is 0 Å². The zero-order valence-electron chi connectivity index (χ0n) is 19.5. The Balaban J connectivity index is 2.82. The Morgan fingerprint density at radius 1 is 1.12 bits per heavy atom. The van der Waals surface area contributed by atoms with Gasteiger partial charge in [0.15, 0.2) is 6.10 Å². The molecule has 32 heavy (non-hydrogen) atoms. The highest BCUT2D eigenvalue weighted by atomic mass is 16.6. The molecule has 2 rings (SSSR count). The molecule has 0 saturated carbocycles. The predicted octanol–water partition coefficient (Wildman–Crippen LogP) is 1.77. The average Bonchev–Trinajstić information content (AvgIpc) is 2.69. The predicted molar refractivity (Wildman–Crippen MR) is 116 cm³/mol. The largest absolute Gasteiger partial charge is 0.458 e. The van der Waals surface area contributed by atoms with Gasteiger partial charge in [0.25, 0.3) is 0 Å². The first-order chi connectivity index (χ1) is 14.8. The van der Waals surface area contributed by atoms with Crippen LogP contribution in [-0.2, 0) is 23.9 Å². The second-order valence-corrected chi connectivity index (χ2v) is 9.14. The van der Waals surface area contributed by atoms with Gasteiger partial charge < -0.3 is 24.8 Å². The van der Waals surface area contributed by atoms with Gasteiger partial charge in [-0.3, -0.25) is 14.4 Å². The van der Waals surface area contributed by atoms with Crippen molar-refractivity contribution in [1.82, 2.24) is 0 Å². The minimum absolute atomic E-state index is 0.0473. The SMILES string of the molecule is CC(=O)OC1CC2C(O)C=C(CO)C(O)CC=C(C)C(=O)C(OC(C)=O)C(=C1C)C2(C)C. The summed E-state index contributed by atoms with van der Waals surface area (Å²) in [4.78, 5) is 37.1. The molecule has 0 aromatic rings. The molecule has 0 amide bonds. The van der Waals surface area contributed by atoms with Crippen LogP contribution in [0.15, 0.2) is 34.4 Å². The van der Waals surface area contributed by atoms with Crippen molar-refractivity contribution in [3.63, 3.8) is 0 Å². The lowest BCUT2D eigenvalue weighted by molar-refractivity contribution is -0.152. The minimum Gasteiger partial charge on any atom is -0.458 e. The third-order valence-corrected chi connectivity index (χ3v) is 6.53. The number of carbonyl (C=O) groups excluding carboxylic acids is 3. The maximum absolute atomic E-state index is 13.4. The Labute approximate surface area is 188 Å². The van der Waals surface area contributed by atoms with E-state index in [-0.39, 0.29) is 24.0 Å². The highest BCUT2D eigenvalue weighted by Gasteiger charge is 2.50. The Hall–Kier alpha value is -2.29. The van der Waals surface area contributed by atoms with Crippen molar-refractivity contribution in [2.45, 2.75) is 78.8 Å². The third kappa shape index (κ3) is 5.36. The van der Waals surface area contributed by atoms with Crippen LogP contribution in [0.5, 0.6) is 0 Å². The van der Waals surface area contributed by atoms with Crippen LogP contribution in [0.25, 0.3) is 0 Å². The fraction of sp³-hybridized carbons (Fsp3) is 0.625. The molecule has 5 atom stereocenters. The molecule has 5 unspecified atom stereocenters. The zero-order chi connectivity index (χ0) is 24.4. The number of Topliss-reactive ketones (excluding diaryl/α,β-unsaturated/α-hetero) is 1. The van der Waals surface area contributed by atoms with Crippen LogP contribution >= 0.6 is 0 Å². The number of esters is 2. The first-order valence-electron chi connectivity index (χ1n) is 10.7. The average molecular weight is 451 g/mol. The minimum atomic E-state index is -1.26. The molecule has 3 N–H and O–H groups in total. The number of carbonyl (C=O) groups is 3. The quantitative estimate of drug-likeness (QED) is 0.438. The summed E-state index contributed by atoms with van der Waals surface area (Å²) in [5, 5.41) is 31.4. The molecule has 0 aliphatic heterocycles. The fourth-order valence-electron chi connectivity index (χ4n) is 4.79. The summed E-state index contributed by atoms with van der Waals surface area (Å²) in [7, 11) is 0. The first-order valence-corrected chi connectivity index (χ1v) is 10.7. The summed E-state index contributed by atoms with van der Waals surface area (Å²) in [6.45, 7) is 9.00. The summed E-state index contributed by atoms with van der Waals surface area (Å²) in [6, 6.07) is 0. The molecule has 0 saturated heterocycles. The van der Waals surface area contributed by atoms with Crippen LogP contribution < -0.4 is 0 Å². The van der Waals surface area contributed by atoms with E-state index in [1.807, 2.05) is 13.8 Å². The second-order valence-electron chi connectivity index (χ2n) is 9.14. The van der Waals surface area contributed by atoms with Crippen molar-refractivity contribution in [2.75, 3.05) is 6.61 Å². The second kappa shape index (κ2) is 10.1. The number of hydrogen-bond donors (Lipinski definition) is 3. The van der Waals surface area contributed by atoms with Crippen LogP contribution in [0.4, 0.5) is 0 Å². The molecule has 2 aliphatic rings. The third-order valence-electron chi connectivity index (χ3n) is 6.53. The van der Waals surface area contributed by atoms with Crippen molar-refractivity contribution < 1.29 is 39.2 Å². The molecule has 0 aromatic heterocycles. The molecule has 8 nitrogen and oxygen atoms in total. The standard InChI is InChI=1S/C24H34O8/c1-12-7-8-18(28)16(11-25)9-19(29)17-10-20(31-14(3)26)13(2)21(24(17,5)6)23(22(12)30)32-15(4)27/h7,9,17-20,23,25,28-29H,8,10-11H2,1-6H3. The van der Waals surface area contributed by atoms with Crippen molar-refractivity contribution in [3.8, 4) is 0 Å². The molecular weight excluding hydrogens is 416 g/mol. The van der Waals surface area contributed by atoms with Crippen LogP contribution in [0.2, 0.25) is 0 Å². The Morgan fingerprint density at radius 2 is 1.72 bits per heavy atom. The van der Waals surface area contributed by atoms with Gasteiger partial charge in [-0.1, -0.05) is 26.0 Å². The number of ketones is 1. The smallest absolute Gasteiger partial charge is 0.303 e. The van der Waals surface area contributed by atoms with Gasteiger partial charge in [-0.05, 0) is 54.4 Å². The lowest BCUT2D eigenvalue weighted by Crippen LogP contribution is -2.49. The zero-order valence-corrected chi connectivity index (χ0v) is 19.5. The lowest BCUT2D eigenvalue weighted by Gasteiger charge is -2.47. The topological polar surface area (TPSA) is 130 Å². The molecule has 178 valence electrons. The van der Waals surface area contributed by atoms with E-state index in [0.29, 0.717) is 11.1 Å². The van der Waals surface area contributed by atoms with Crippen molar-refractivity contribution in [3.05, 3.63) is 34.4 Å². The van der Waals surface area contributed by atoms with Gasteiger partial charge in [0, 0.05) is 19.8 Å². The summed E-state index contributed by atoms with van der Waals surface area (Å²) in [5.74, 6) is -2.18. The van der Waals surface area contributed by atoms with Gasteiger partial charge in [0.1, 0.15) is 6.10 Å². The number of ether oxygens (including phenoxy) is 2. The number of rotatable bonds is 3. The molecule has 0 radical (unpaired) electrons. The molecule has 0 fully saturated rings. The van der Waals surface area contributed by atoms with Gasteiger partial charge in [-0.2, -0.15) is 0 Å². The molecular formula is C24H34O8. The summed E-state index contributed by atoms with van der Waals surface area (Å²) < 4.78 is 11.0. The van der Waals surface area contributed by atoms with E-state index in [4.69, 9.17) is 9.47 Å². The summed E-state index contributed by atoms with van der Waals surface area (Å²) >= 11 is 0. The van der Waals surface area contributed by atoms with E-state index in [9.17, 15) is 29.7 Å². The number of hydrogen-bond acceptors (Lipinski definition) is 8. The number of aliphatic hydroxyl groups excluding tert-OH is 3. The Kier molecular flexibility index (Phi) is 8.20. The highest BCUT2D eigenvalue weighted by molar-refractivity contribution is 6.01. The molecule has 8 heteroatoms. The summed E-state index contributed by atoms with van der Waals surface area (Å²) in [5.41, 5.74) is 0.753. The molecule has 2 bridgehead atoms. The van der Waals surface area contributed by atoms with Gasteiger partial charge in [0.2, 0.25) is 5.78 Å².